The molecule has 19 heavy (non-hydrogen) atoms. The summed E-state index contributed by atoms with van der Waals surface area (Å²) in [6.45, 7) is 7.05. The molecule has 2 heteroatoms. The number of nitrogens with two attached hydrogens (primary N) is 2. The molecule has 4 rings (SSSR count). The first kappa shape index (κ1) is 12.6. The van der Waals surface area contributed by atoms with Crippen LogP contribution in [0.15, 0.2) is 0 Å². The minimum Gasteiger partial charge on any atom is -0.327 e. The highest BCUT2D eigenvalue weighted by Gasteiger charge is 2.71. The van der Waals surface area contributed by atoms with Crippen molar-refractivity contribution in [2.75, 3.05) is 0 Å². The van der Waals surface area contributed by atoms with Crippen LogP contribution >= 0.6 is 0 Å². The lowest BCUT2D eigenvalue weighted by Crippen LogP contribution is -2.61. The molecule has 4 bridgehead atoms. The fraction of sp³-hybridized carbons (Fsp3) is 1.00. The van der Waals surface area contributed by atoms with Gasteiger partial charge in [-0.25, -0.2) is 0 Å². The minimum atomic E-state index is -0.00250. The summed E-state index contributed by atoms with van der Waals surface area (Å²) in [7, 11) is 0. The van der Waals surface area contributed by atoms with E-state index in [-0.39, 0.29) is 11.0 Å². The second-order valence-electron chi connectivity index (χ2n) is 8.74. The van der Waals surface area contributed by atoms with Crippen molar-refractivity contribution in [3.8, 4) is 0 Å². The van der Waals surface area contributed by atoms with Crippen molar-refractivity contribution >= 4 is 0 Å². The third-order valence-corrected chi connectivity index (χ3v) is 8.18. The van der Waals surface area contributed by atoms with E-state index in [9.17, 15) is 0 Å². The number of hydrogen-bond acceptors (Lipinski definition) is 2. The summed E-state index contributed by atoms with van der Waals surface area (Å²) in [6, 6.07) is 0.397. The van der Waals surface area contributed by atoms with E-state index >= 15 is 0 Å². The maximum absolute atomic E-state index is 7.03. The van der Waals surface area contributed by atoms with Crippen molar-refractivity contribution < 1.29 is 0 Å². The van der Waals surface area contributed by atoms with E-state index in [0.29, 0.717) is 12.0 Å². The van der Waals surface area contributed by atoms with E-state index in [1.165, 1.54) is 32.1 Å². The van der Waals surface area contributed by atoms with Crippen LogP contribution in [0.3, 0.4) is 0 Å². The Morgan fingerprint density at radius 1 is 1.16 bits per heavy atom. The van der Waals surface area contributed by atoms with E-state index in [4.69, 9.17) is 11.5 Å². The summed E-state index contributed by atoms with van der Waals surface area (Å²) < 4.78 is 0. The molecule has 0 aromatic heterocycles. The van der Waals surface area contributed by atoms with Crippen LogP contribution in [-0.4, -0.2) is 11.6 Å². The van der Waals surface area contributed by atoms with Gasteiger partial charge in [0.2, 0.25) is 0 Å². The van der Waals surface area contributed by atoms with E-state index in [2.05, 4.69) is 20.8 Å². The second-order valence-corrected chi connectivity index (χ2v) is 8.74. The molecule has 0 saturated heterocycles. The Morgan fingerprint density at radius 2 is 1.79 bits per heavy atom. The van der Waals surface area contributed by atoms with Crippen LogP contribution in [0.25, 0.3) is 0 Å². The van der Waals surface area contributed by atoms with Crippen LogP contribution in [0.4, 0.5) is 0 Å². The molecule has 4 aliphatic carbocycles. The van der Waals surface area contributed by atoms with E-state index in [0.717, 1.165) is 29.6 Å². The van der Waals surface area contributed by atoms with Gasteiger partial charge in [-0.2, -0.15) is 0 Å². The van der Waals surface area contributed by atoms with Crippen molar-refractivity contribution in [2.45, 2.75) is 64.5 Å². The molecule has 4 fully saturated rings. The van der Waals surface area contributed by atoms with Gasteiger partial charge in [0.05, 0.1) is 0 Å². The Bertz CT molecular complexity index is 404. The molecule has 4 saturated carbocycles. The Kier molecular flexibility index (Phi) is 2.37. The Hall–Kier alpha value is -0.0800. The van der Waals surface area contributed by atoms with Crippen molar-refractivity contribution in [3.05, 3.63) is 0 Å². The summed E-state index contributed by atoms with van der Waals surface area (Å²) in [5.41, 5.74) is 13.9. The maximum atomic E-state index is 7.03. The number of fused-ring (bicyclic) bond motifs is 9. The highest BCUT2D eigenvalue weighted by atomic mass is 15.0. The molecule has 0 amide bonds. The molecule has 2 nitrogen and oxygen atoms in total. The zero-order valence-electron chi connectivity index (χ0n) is 12.7. The first-order valence-electron chi connectivity index (χ1n) is 8.45. The molecule has 108 valence electrons. The van der Waals surface area contributed by atoms with Gasteiger partial charge < -0.3 is 11.5 Å². The lowest BCUT2D eigenvalue weighted by molar-refractivity contribution is 0.0127. The van der Waals surface area contributed by atoms with Crippen LogP contribution in [0.1, 0.15) is 52.9 Å². The molecule has 0 aromatic carbocycles. The van der Waals surface area contributed by atoms with Gasteiger partial charge in [-0.15, -0.1) is 0 Å². The predicted octanol–water partition coefficient (Wildman–Crippen LogP) is 2.76. The fourth-order valence-electron chi connectivity index (χ4n) is 6.87. The molecule has 8 atom stereocenters. The third kappa shape index (κ3) is 1.26. The SMILES string of the molecule is CCC(C)(C)C1(N)CC2C(N)C1C1C3CCC(C3)C21. The Morgan fingerprint density at radius 3 is 2.42 bits per heavy atom. The first-order valence-corrected chi connectivity index (χ1v) is 8.45. The summed E-state index contributed by atoms with van der Waals surface area (Å²) in [5, 5.41) is 0. The first-order chi connectivity index (χ1) is 8.90. The standard InChI is InChI=1S/C17H30N2/c1-4-16(2,3)17(19)8-11-12-9-5-6-10(7-9)13(12)14(17)15(11)18/h9-15H,4-8,18-19H2,1-3H3. The van der Waals surface area contributed by atoms with Crippen molar-refractivity contribution in [1.82, 2.24) is 0 Å². The van der Waals surface area contributed by atoms with E-state index < -0.39 is 0 Å². The molecular weight excluding hydrogens is 232 g/mol. The lowest BCUT2D eigenvalue weighted by Gasteiger charge is -2.52. The van der Waals surface area contributed by atoms with Gasteiger partial charge in [-0.05, 0) is 73.0 Å². The van der Waals surface area contributed by atoms with Crippen LogP contribution in [0.2, 0.25) is 0 Å². The average molecular weight is 262 g/mol. The van der Waals surface area contributed by atoms with Crippen molar-refractivity contribution in [2.24, 2.45) is 52.4 Å². The van der Waals surface area contributed by atoms with Gasteiger partial charge in [0.15, 0.2) is 0 Å². The van der Waals surface area contributed by atoms with Gasteiger partial charge in [-0.1, -0.05) is 20.8 Å². The molecule has 0 radical (unpaired) electrons. The minimum absolute atomic E-state index is 0.00250. The second kappa shape index (κ2) is 3.57. The third-order valence-electron chi connectivity index (χ3n) is 8.18. The molecule has 8 unspecified atom stereocenters. The summed E-state index contributed by atoms with van der Waals surface area (Å²) in [5.74, 6) is 5.14. The molecule has 4 aliphatic rings. The fourth-order valence-corrected chi connectivity index (χ4v) is 6.87. The monoisotopic (exact) mass is 262 g/mol. The van der Waals surface area contributed by atoms with Gasteiger partial charge in [0.25, 0.3) is 0 Å². The molecular formula is C17H30N2. The molecule has 0 heterocycles. The highest BCUT2D eigenvalue weighted by Crippen LogP contribution is 2.71. The van der Waals surface area contributed by atoms with Crippen molar-refractivity contribution in [3.63, 3.8) is 0 Å². The average Bonchev–Trinajstić information content (AvgIpc) is 3.07. The zero-order valence-corrected chi connectivity index (χ0v) is 12.7. The van der Waals surface area contributed by atoms with Crippen LogP contribution in [0.5, 0.6) is 0 Å². The maximum Gasteiger partial charge on any atom is 0.0255 e. The van der Waals surface area contributed by atoms with Crippen LogP contribution in [-0.2, 0) is 0 Å². The smallest absolute Gasteiger partial charge is 0.0255 e. The Labute approximate surface area is 117 Å². The van der Waals surface area contributed by atoms with E-state index in [1.807, 2.05) is 0 Å². The number of rotatable bonds is 2. The zero-order chi connectivity index (χ0) is 13.6. The quantitative estimate of drug-likeness (QED) is 0.752. The summed E-state index contributed by atoms with van der Waals surface area (Å²) >= 11 is 0. The summed E-state index contributed by atoms with van der Waals surface area (Å²) in [4.78, 5) is 0. The molecule has 0 aromatic rings. The van der Waals surface area contributed by atoms with Gasteiger partial charge in [-0.3, -0.25) is 0 Å². The van der Waals surface area contributed by atoms with Gasteiger partial charge in [0.1, 0.15) is 0 Å². The van der Waals surface area contributed by atoms with E-state index in [1.54, 1.807) is 0 Å². The molecule has 4 N–H and O–H groups in total. The lowest BCUT2D eigenvalue weighted by atomic mass is 9.56. The van der Waals surface area contributed by atoms with Crippen LogP contribution < -0.4 is 11.5 Å². The highest BCUT2D eigenvalue weighted by molar-refractivity contribution is 5.24. The predicted molar refractivity (Wildman–Crippen MR) is 78.4 cm³/mol. The molecule has 0 aliphatic heterocycles. The molecule has 0 spiro atoms. The number of hydrogen-bond donors (Lipinski definition) is 2. The largest absolute Gasteiger partial charge is 0.327 e. The topological polar surface area (TPSA) is 52.0 Å². The summed E-state index contributed by atoms with van der Waals surface area (Å²) in [6.07, 6.45) is 6.81. The van der Waals surface area contributed by atoms with Gasteiger partial charge in [0, 0.05) is 11.6 Å². The van der Waals surface area contributed by atoms with Crippen molar-refractivity contribution in [1.29, 1.82) is 0 Å². The normalized spacial score (nSPS) is 58.9. The Balaban J connectivity index is 1.74. The van der Waals surface area contributed by atoms with Crippen LogP contribution in [0, 0.1) is 40.9 Å². The van der Waals surface area contributed by atoms with Gasteiger partial charge >= 0.3 is 0 Å².